The van der Waals surface area contributed by atoms with Crippen molar-refractivity contribution in [3.63, 3.8) is 0 Å². The van der Waals surface area contributed by atoms with E-state index < -0.39 is 0 Å². The first-order chi connectivity index (χ1) is 13.6. The van der Waals surface area contributed by atoms with Gasteiger partial charge in [0.2, 0.25) is 0 Å². The van der Waals surface area contributed by atoms with Gasteiger partial charge in [-0.2, -0.15) is 5.10 Å². The molecule has 1 aromatic carbocycles. The number of aryl methyl sites for hydroxylation is 1. The summed E-state index contributed by atoms with van der Waals surface area (Å²) in [7, 11) is 1.71. The van der Waals surface area contributed by atoms with Gasteiger partial charge in [0.1, 0.15) is 11.4 Å². The number of aromatic nitrogens is 2. The number of rotatable bonds is 8. The second-order valence-corrected chi connectivity index (χ2v) is 7.69. The predicted molar refractivity (Wildman–Crippen MR) is 111 cm³/mol. The largest absolute Gasteiger partial charge is 0.497 e. The fourth-order valence-corrected chi connectivity index (χ4v) is 3.98. The fourth-order valence-electron chi connectivity index (χ4n) is 3.98. The molecule has 1 amide bonds. The highest BCUT2D eigenvalue weighted by Gasteiger charge is 2.25. The minimum atomic E-state index is 0.0281. The molecule has 28 heavy (non-hydrogen) atoms. The van der Waals surface area contributed by atoms with E-state index in [1.54, 1.807) is 7.11 Å². The number of likely N-dealkylation sites (tertiary alicyclic amines) is 1. The summed E-state index contributed by atoms with van der Waals surface area (Å²) in [4.78, 5) is 17.2. The molecule has 152 valence electrons. The Labute approximate surface area is 167 Å². The summed E-state index contributed by atoms with van der Waals surface area (Å²) in [6.45, 7) is 8.71. The van der Waals surface area contributed by atoms with Crippen LogP contribution in [-0.4, -0.2) is 65.7 Å². The number of methoxy groups -OCH3 is 1. The number of nitrogens with one attached hydrogen (secondary N) is 1. The van der Waals surface area contributed by atoms with Gasteiger partial charge in [-0.1, -0.05) is 12.1 Å². The van der Waals surface area contributed by atoms with Crippen LogP contribution in [0.1, 0.15) is 41.5 Å². The SMILES string of the molecule is CCN(CC1CCCN(CCc2cccc(OC)c2)C1)C(=O)c1cc(C)[nH]n1. The number of piperidine rings is 1. The van der Waals surface area contributed by atoms with Crippen LogP contribution in [0.3, 0.4) is 0 Å². The topological polar surface area (TPSA) is 61.5 Å². The van der Waals surface area contributed by atoms with Crippen molar-refractivity contribution in [2.45, 2.75) is 33.1 Å². The molecule has 0 aliphatic carbocycles. The molecule has 1 atom stereocenters. The van der Waals surface area contributed by atoms with Crippen LogP contribution in [-0.2, 0) is 6.42 Å². The molecule has 1 saturated heterocycles. The maximum absolute atomic E-state index is 12.7. The molecule has 2 heterocycles. The van der Waals surface area contributed by atoms with Crippen LogP contribution in [0.4, 0.5) is 0 Å². The maximum Gasteiger partial charge on any atom is 0.274 e. The Morgan fingerprint density at radius 2 is 2.25 bits per heavy atom. The third-order valence-corrected chi connectivity index (χ3v) is 5.53. The molecule has 0 spiro atoms. The lowest BCUT2D eigenvalue weighted by molar-refractivity contribution is 0.0685. The molecule has 0 saturated carbocycles. The summed E-state index contributed by atoms with van der Waals surface area (Å²) in [5.41, 5.74) is 2.74. The van der Waals surface area contributed by atoms with Crippen molar-refractivity contribution in [3.05, 3.63) is 47.3 Å². The molecule has 0 bridgehead atoms. The number of carbonyl (C=O) groups is 1. The van der Waals surface area contributed by atoms with E-state index in [0.29, 0.717) is 18.2 Å². The summed E-state index contributed by atoms with van der Waals surface area (Å²) >= 11 is 0. The van der Waals surface area contributed by atoms with Crippen molar-refractivity contribution in [1.29, 1.82) is 0 Å². The molecule has 6 nitrogen and oxygen atoms in total. The molecular formula is C22H32N4O2. The number of hydrogen-bond donors (Lipinski definition) is 1. The van der Waals surface area contributed by atoms with Gasteiger partial charge in [-0.25, -0.2) is 0 Å². The monoisotopic (exact) mass is 384 g/mol. The number of amides is 1. The third kappa shape index (κ3) is 5.35. The highest BCUT2D eigenvalue weighted by Crippen LogP contribution is 2.20. The van der Waals surface area contributed by atoms with Crippen LogP contribution in [0.2, 0.25) is 0 Å². The van der Waals surface area contributed by atoms with Gasteiger partial charge in [0.05, 0.1) is 7.11 Å². The van der Waals surface area contributed by atoms with E-state index in [1.165, 1.54) is 18.4 Å². The van der Waals surface area contributed by atoms with Crippen molar-refractivity contribution in [3.8, 4) is 5.75 Å². The van der Waals surface area contributed by atoms with Crippen LogP contribution < -0.4 is 4.74 Å². The number of carbonyl (C=O) groups excluding carboxylic acids is 1. The van der Waals surface area contributed by atoms with Gasteiger partial charge < -0.3 is 14.5 Å². The highest BCUT2D eigenvalue weighted by atomic mass is 16.5. The lowest BCUT2D eigenvalue weighted by atomic mass is 9.96. The van der Waals surface area contributed by atoms with Crippen LogP contribution >= 0.6 is 0 Å². The molecule has 3 rings (SSSR count). The predicted octanol–water partition coefficient (Wildman–Crippen LogP) is 3.14. The number of aromatic amines is 1. The quantitative estimate of drug-likeness (QED) is 0.760. The summed E-state index contributed by atoms with van der Waals surface area (Å²) in [6.07, 6.45) is 3.39. The standard InChI is InChI=1S/C22H32N4O2/c1-4-26(22(27)21-13-17(2)23-24-21)16-19-8-6-11-25(15-19)12-10-18-7-5-9-20(14-18)28-3/h5,7,9,13-14,19H,4,6,8,10-12,15-16H2,1-3H3,(H,23,24). The summed E-state index contributed by atoms with van der Waals surface area (Å²) in [5.74, 6) is 1.46. The first-order valence-corrected chi connectivity index (χ1v) is 10.3. The van der Waals surface area contributed by atoms with Crippen molar-refractivity contribution in [2.75, 3.05) is 39.8 Å². The highest BCUT2D eigenvalue weighted by molar-refractivity contribution is 5.92. The Hall–Kier alpha value is -2.34. The lowest BCUT2D eigenvalue weighted by Gasteiger charge is -2.35. The van der Waals surface area contributed by atoms with E-state index in [1.807, 2.05) is 30.9 Å². The molecule has 1 aliphatic rings. The number of hydrogen-bond acceptors (Lipinski definition) is 4. The summed E-state index contributed by atoms with van der Waals surface area (Å²) in [5, 5.41) is 7.00. The third-order valence-electron chi connectivity index (χ3n) is 5.53. The number of H-pyrrole nitrogens is 1. The molecule has 6 heteroatoms. The Balaban J connectivity index is 1.52. The van der Waals surface area contributed by atoms with Crippen molar-refractivity contribution in [2.24, 2.45) is 5.92 Å². The van der Waals surface area contributed by atoms with Gasteiger partial charge in [0.25, 0.3) is 5.91 Å². The van der Waals surface area contributed by atoms with E-state index in [2.05, 4.69) is 33.3 Å². The molecule has 1 fully saturated rings. The maximum atomic E-state index is 12.7. The van der Waals surface area contributed by atoms with Gasteiger partial charge in [0, 0.05) is 31.9 Å². The first kappa shape index (κ1) is 20.4. The normalized spacial score (nSPS) is 17.5. The Kier molecular flexibility index (Phi) is 7.09. The second-order valence-electron chi connectivity index (χ2n) is 7.69. The molecular weight excluding hydrogens is 352 g/mol. The van der Waals surface area contributed by atoms with Gasteiger partial charge in [0.15, 0.2) is 0 Å². The van der Waals surface area contributed by atoms with E-state index in [-0.39, 0.29) is 5.91 Å². The Morgan fingerprint density at radius 1 is 1.39 bits per heavy atom. The first-order valence-electron chi connectivity index (χ1n) is 10.3. The van der Waals surface area contributed by atoms with Crippen LogP contribution in [0.25, 0.3) is 0 Å². The Bertz CT molecular complexity index is 773. The van der Waals surface area contributed by atoms with E-state index in [4.69, 9.17) is 4.74 Å². The second kappa shape index (κ2) is 9.73. The van der Waals surface area contributed by atoms with E-state index >= 15 is 0 Å². The average molecular weight is 385 g/mol. The minimum Gasteiger partial charge on any atom is -0.497 e. The van der Waals surface area contributed by atoms with Crippen molar-refractivity contribution < 1.29 is 9.53 Å². The molecule has 1 aromatic heterocycles. The number of benzene rings is 1. The smallest absolute Gasteiger partial charge is 0.274 e. The molecule has 0 radical (unpaired) electrons. The van der Waals surface area contributed by atoms with E-state index in [9.17, 15) is 4.79 Å². The molecule has 1 N–H and O–H groups in total. The van der Waals surface area contributed by atoms with Crippen molar-refractivity contribution >= 4 is 5.91 Å². The zero-order valence-corrected chi connectivity index (χ0v) is 17.3. The van der Waals surface area contributed by atoms with Gasteiger partial charge in [-0.15, -0.1) is 0 Å². The van der Waals surface area contributed by atoms with Gasteiger partial charge in [-0.05, 0) is 69.3 Å². The van der Waals surface area contributed by atoms with Gasteiger partial charge >= 0.3 is 0 Å². The molecule has 2 aromatic rings. The zero-order valence-electron chi connectivity index (χ0n) is 17.3. The van der Waals surface area contributed by atoms with E-state index in [0.717, 1.165) is 44.0 Å². The van der Waals surface area contributed by atoms with Crippen LogP contribution in [0.5, 0.6) is 5.75 Å². The van der Waals surface area contributed by atoms with Crippen LogP contribution in [0, 0.1) is 12.8 Å². The lowest BCUT2D eigenvalue weighted by Crippen LogP contribution is -2.43. The average Bonchev–Trinajstić information content (AvgIpc) is 3.17. The summed E-state index contributed by atoms with van der Waals surface area (Å²) in [6, 6.07) is 10.1. The Morgan fingerprint density at radius 3 is 2.96 bits per heavy atom. The minimum absolute atomic E-state index is 0.0281. The molecule has 1 aliphatic heterocycles. The summed E-state index contributed by atoms with van der Waals surface area (Å²) < 4.78 is 5.32. The molecule has 1 unspecified atom stereocenters. The zero-order chi connectivity index (χ0) is 19.9. The van der Waals surface area contributed by atoms with Crippen molar-refractivity contribution in [1.82, 2.24) is 20.0 Å². The number of nitrogens with zero attached hydrogens (tertiary/aromatic N) is 3. The van der Waals surface area contributed by atoms with Crippen LogP contribution in [0.15, 0.2) is 30.3 Å². The van der Waals surface area contributed by atoms with Gasteiger partial charge in [-0.3, -0.25) is 9.89 Å². The number of ether oxygens (including phenoxy) is 1. The fraction of sp³-hybridized carbons (Fsp3) is 0.545.